The van der Waals surface area contributed by atoms with Gasteiger partial charge in [-0.2, -0.15) is 5.26 Å². The second-order valence-electron chi connectivity index (χ2n) is 3.18. The van der Waals surface area contributed by atoms with E-state index < -0.39 is 0 Å². The number of benzene rings is 1. The molecule has 1 aromatic rings. The summed E-state index contributed by atoms with van der Waals surface area (Å²) in [5.41, 5.74) is 7.19. The van der Waals surface area contributed by atoms with Crippen molar-refractivity contribution in [2.45, 2.75) is 6.54 Å². The first-order valence-electron chi connectivity index (χ1n) is 4.90. The topological polar surface area (TPSA) is 74.2 Å². The van der Waals surface area contributed by atoms with E-state index in [2.05, 4.69) is 23.0 Å². The van der Waals surface area contributed by atoms with Crippen LogP contribution in [0.15, 0.2) is 41.9 Å². The Kier molecular flexibility index (Phi) is 7.80. The molecule has 0 saturated carbocycles. The van der Waals surface area contributed by atoms with Crippen molar-refractivity contribution in [3.63, 3.8) is 0 Å². The number of guanidine groups is 1. The molecule has 0 fully saturated rings. The summed E-state index contributed by atoms with van der Waals surface area (Å²) in [6.07, 6.45) is 1.71. The van der Waals surface area contributed by atoms with Crippen molar-refractivity contribution in [2.75, 3.05) is 6.54 Å². The van der Waals surface area contributed by atoms with Gasteiger partial charge in [-0.15, -0.1) is 30.6 Å². The zero-order valence-corrected chi connectivity index (χ0v) is 11.7. The zero-order chi connectivity index (χ0) is 11.8. The molecular formula is C12H15IN4. The van der Waals surface area contributed by atoms with Crippen LogP contribution in [0.2, 0.25) is 0 Å². The largest absolute Gasteiger partial charge is 0.370 e. The van der Waals surface area contributed by atoms with Crippen LogP contribution in [0, 0.1) is 11.3 Å². The van der Waals surface area contributed by atoms with Gasteiger partial charge in [-0.3, -0.25) is 0 Å². The Balaban J connectivity index is 0.00000256. The summed E-state index contributed by atoms with van der Waals surface area (Å²) in [6.45, 7) is 4.62. The van der Waals surface area contributed by atoms with Crippen molar-refractivity contribution in [3.05, 3.63) is 48.0 Å². The Morgan fingerprint density at radius 1 is 1.59 bits per heavy atom. The molecule has 0 bridgehead atoms. The molecule has 1 aromatic carbocycles. The summed E-state index contributed by atoms with van der Waals surface area (Å²) in [6, 6.07) is 9.37. The highest BCUT2D eigenvalue weighted by Crippen LogP contribution is 2.04. The lowest BCUT2D eigenvalue weighted by Crippen LogP contribution is -2.31. The molecule has 0 amide bonds. The third-order valence-electron chi connectivity index (χ3n) is 1.92. The van der Waals surface area contributed by atoms with Crippen LogP contribution in [-0.4, -0.2) is 12.5 Å². The molecule has 4 nitrogen and oxygen atoms in total. The number of nitrogens with one attached hydrogen (secondary N) is 1. The molecule has 5 heteroatoms. The van der Waals surface area contributed by atoms with Crippen molar-refractivity contribution in [1.29, 1.82) is 5.26 Å². The fourth-order valence-electron chi connectivity index (χ4n) is 1.15. The number of nitrogens with two attached hydrogens (primary N) is 1. The van der Waals surface area contributed by atoms with Crippen LogP contribution in [0.5, 0.6) is 0 Å². The summed E-state index contributed by atoms with van der Waals surface area (Å²) >= 11 is 0. The second kappa shape index (κ2) is 8.58. The molecular weight excluding hydrogens is 327 g/mol. The average Bonchev–Trinajstić information content (AvgIpc) is 2.34. The van der Waals surface area contributed by atoms with Gasteiger partial charge in [0.2, 0.25) is 0 Å². The highest BCUT2D eigenvalue weighted by Gasteiger charge is 1.94. The van der Waals surface area contributed by atoms with E-state index in [4.69, 9.17) is 11.0 Å². The van der Waals surface area contributed by atoms with E-state index in [1.807, 2.05) is 12.1 Å². The summed E-state index contributed by atoms with van der Waals surface area (Å²) in [7, 11) is 0. The van der Waals surface area contributed by atoms with Crippen LogP contribution in [0.4, 0.5) is 0 Å². The molecule has 0 atom stereocenters. The van der Waals surface area contributed by atoms with E-state index in [0.717, 1.165) is 5.56 Å². The maximum atomic E-state index is 8.72. The number of nitrogens with zero attached hydrogens (tertiary/aromatic N) is 2. The Labute approximate surface area is 118 Å². The van der Waals surface area contributed by atoms with Crippen LogP contribution < -0.4 is 11.1 Å². The summed E-state index contributed by atoms with van der Waals surface area (Å²) in [5, 5.41) is 11.6. The van der Waals surface area contributed by atoms with Gasteiger partial charge in [-0.05, 0) is 17.7 Å². The average molecular weight is 342 g/mol. The molecule has 0 radical (unpaired) electrons. The highest BCUT2D eigenvalue weighted by atomic mass is 127. The van der Waals surface area contributed by atoms with Crippen molar-refractivity contribution in [1.82, 2.24) is 5.32 Å². The van der Waals surface area contributed by atoms with E-state index in [-0.39, 0.29) is 24.0 Å². The molecule has 0 spiro atoms. The van der Waals surface area contributed by atoms with Crippen molar-refractivity contribution in [3.8, 4) is 6.07 Å². The van der Waals surface area contributed by atoms with Crippen LogP contribution >= 0.6 is 24.0 Å². The van der Waals surface area contributed by atoms with Gasteiger partial charge in [0.1, 0.15) is 0 Å². The van der Waals surface area contributed by atoms with E-state index >= 15 is 0 Å². The third kappa shape index (κ3) is 5.92. The predicted molar refractivity (Wildman–Crippen MR) is 80.1 cm³/mol. The van der Waals surface area contributed by atoms with Crippen molar-refractivity contribution >= 4 is 29.9 Å². The third-order valence-corrected chi connectivity index (χ3v) is 1.92. The molecule has 0 aromatic heterocycles. The number of nitriles is 1. The van der Waals surface area contributed by atoms with Gasteiger partial charge in [0.15, 0.2) is 5.96 Å². The first-order chi connectivity index (χ1) is 7.76. The quantitative estimate of drug-likeness (QED) is 0.379. The SMILES string of the molecule is C=CCNC(N)=NCc1cccc(C#N)c1.I. The minimum absolute atomic E-state index is 0. The minimum atomic E-state index is 0. The van der Waals surface area contributed by atoms with Crippen molar-refractivity contribution < 1.29 is 0 Å². The number of halogens is 1. The Morgan fingerprint density at radius 2 is 2.35 bits per heavy atom. The molecule has 0 aliphatic rings. The molecule has 0 saturated heterocycles. The maximum absolute atomic E-state index is 8.72. The van der Waals surface area contributed by atoms with Gasteiger partial charge >= 0.3 is 0 Å². The number of rotatable bonds is 4. The molecule has 0 unspecified atom stereocenters. The van der Waals surface area contributed by atoms with Gasteiger partial charge in [0.25, 0.3) is 0 Å². The predicted octanol–water partition coefficient (Wildman–Crippen LogP) is 1.77. The van der Waals surface area contributed by atoms with E-state index in [0.29, 0.717) is 24.6 Å². The van der Waals surface area contributed by atoms with Gasteiger partial charge in [-0.1, -0.05) is 18.2 Å². The Bertz CT molecular complexity index is 434. The van der Waals surface area contributed by atoms with Gasteiger partial charge < -0.3 is 11.1 Å². The van der Waals surface area contributed by atoms with Crippen LogP contribution in [0.3, 0.4) is 0 Å². The lowest BCUT2D eigenvalue weighted by atomic mass is 10.1. The lowest BCUT2D eigenvalue weighted by Gasteiger charge is -2.02. The molecule has 90 valence electrons. The molecule has 1 rings (SSSR count). The second-order valence-corrected chi connectivity index (χ2v) is 3.18. The van der Waals surface area contributed by atoms with Gasteiger partial charge in [0.05, 0.1) is 18.2 Å². The van der Waals surface area contributed by atoms with Crippen molar-refractivity contribution in [2.24, 2.45) is 10.7 Å². The molecule has 3 N–H and O–H groups in total. The Hall–Kier alpha value is -1.55. The first kappa shape index (κ1) is 15.5. The number of hydrogen-bond donors (Lipinski definition) is 2. The highest BCUT2D eigenvalue weighted by molar-refractivity contribution is 14.0. The number of aliphatic imine (C=N–C) groups is 1. The zero-order valence-electron chi connectivity index (χ0n) is 9.39. The monoisotopic (exact) mass is 342 g/mol. The molecule has 0 aliphatic heterocycles. The van der Waals surface area contributed by atoms with Gasteiger partial charge in [-0.25, -0.2) is 4.99 Å². The van der Waals surface area contributed by atoms with E-state index in [9.17, 15) is 0 Å². The minimum Gasteiger partial charge on any atom is -0.370 e. The standard InChI is InChI=1S/C12H14N4.HI/c1-2-6-15-12(14)16-9-11-5-3-4-10(7-11)8-13;/h2-5,7H,1,6,9H2,(H3,14,15,16);1H. The van der Waals surface area contributed by atoms with E-state index in [1.54, 1.807) is 18.2 Å². The summed E-state index contributed by atoms with van der Waals surface area (Å²) in [4.78, 5) is 4.13. The van der Waals surface area contributed by atoms with E-state index in [1.165, 1.54) is 0 Å². The van der Waals surface area contributed by atoms with Crippen LogP contribution in [0.25, 0.3) is 0 Å². The van der Waals surface area contributed by atoms with Crippen LogP contribution in [-0.2, 0) is 6.54 Å². The van der Waals surface area contributed by atoms with Gasteiger partial charge in [0, 0.05) is 6.54 Å². The number of hydrogen-bond acceptors (Lipinski definition) is 2. The normalized spacial score (nSPS) is 9.94. The molecule has 17 heavy (non-hydrogen) atoms. The fourth-order valence-corrected chi connectivity index (χ4v) is 1.15. The van der Waals surface area contributed by atoms with Crippen LogP contribution in [0.1, 0.15) is 11.1 Å². The summed E-state index contributed by atoms with van der Waals surface area (Å²) in [5.74, 6) is 0.377. The lowest BCUT2D eigenvalue weighted by molar-refractivity contribution is 0.970. The maximum Gasteiger partial charge on any atom is 0.189 e. The smallest absolute Gasteiger partial charge is 0.189 e. The molecule has 0 heterocycles. The Morgan fingerprint density at radius 3 is 3.00 bits per heavy atom. The molecule has 0 aliphatic carbocycles. The summed E-state index contributed by atoms with van der Waals surface area (Å²) < 4.78 is 0. The first-order valence-corrected chi connectivity index (χ1v) is 4.90. The fraction of sp³-hybridized carbons (Fsp3) is 0.167.